The normalized spacial score (nSPS) is 14.3. The summed E-state index contributed by atoms with van der Waals surface area (Å²) in [5, 5.41) is 5.37. The average molecular weight is 422 g/mol. The lowest BCUT2D eigenvalue weighted by Crippen LogP contribution is -2.51. The van der Waals surface area contributed by atoms with Crippen LogP contribution in [0.2, 0.25) is 0 Å². The Morgan fingerprint density at radius 2 is 1.42 bits per heavy atom. The van der Waals surface area contributed by atoms with E-state index in [1.807, 2.05) is 13.8 Å². The van der Waals surface area contributed by atoms with Gasteiger partial charge < -0.3 is 9.80 Å². The molecule has 1 aromatic heterocycles. The van der Waals surface area contributed by atoms with Gasteiger partial charge in [-0.15, -0.1) is 0 Å². The Bertz CT molecular complexity index is 1200. The van der Waals surface area contributed by atoms with E-state index >= 15 is 0 Å². The van der Waals surface area contributed by atoms with Crippen molar-refractivity contribution in [3.05, 3.63) is 76.0 Å². The number of piperazine rings is 1. The topological polar surface area (TPSA) is 75.5 Å². The average Bonchev–Trinajstić information content (AvgIpc) is 2.79. The van der Waals surface area contributed by atoms with Crippen molar-refractivity contribution in [3.63, 3.8) is 0 Å². The lowest BCUT2D eigenvalue weighted by atomic mass is 10.1. The molecule has 1 aliphatic heterocycles. The molecule has 0 atom stereocenters. The van der Waals surface area contributed by atoms with E-state index in [2.05, 4.69) is 5.10 Å². The molecule has 2 heterocycles. The summed E-state index contributed by atoms with van der Waals surface area (Å²) in [6.07, 6.45) is 0. The molecule has 7 nitrogen and oxygen atoms in total. The lowest BCUT2D eigenvalue weighted by molar-refractivity contribution is 0.0532. The Morgan fingerprint density at radius 1 is 0.871 bits per heavy atom. The van der Waals surface area contributed by atoms with Gasteiger partial charge in [-0.2, -0.15) is 5.10 Å². The third-order valence-corrected chi connectivity index (χ3v) is 5.47. The summed E-state index contributed by atoms with van der Waals surface area (Å²) in [4.78, 5) is 41.9. The van der Waals surface area contributed by atoms with Gasteiger partial charge in [-0.1, -0.05) is 18.2 Å². The van der Waals surface area contributed by atoms with E-state index in [0.29, 0.717) is 42.5 Å². The van der Waals surface area contributed by atoms with Crippen LogP contribution >= 0.6 is 0 Å². The molecule has 0 spiro atoms. The Kier molecular flexibility index (Phi) is 5.54. The molecule has 0 bridgehead atoms. The zero-order chi connectivity index (χ0) is 22.1. The summed E-state index contributed by atoms with van der Waals surface area (Å²) < 4.78 is 14.4. The summed E-state index contributed by atoms with van der Waals surface area (Å²) >= 11 is 0. The summed E-state index contributed by atoms with van der Waals surface area (Å²) in [5.74, 6) is -0.849. The van der Waals surface area contributed by atoms with Crippen LogP contribution in [-0.2, 0) is 0 Å². The van der Waals surface area contributed by atoms with E-state index in [4.69, 9.17) is 0 Å². The van der Waals surface area contributed by atoms with Gasteiger partial charge in [0.15, 0.2) is 5.69 Å². The molecule has 160 valence electrons. The predicted octanol–water partition coefficient (Wildman–Crippen LogP) is 2.71. The van der Waals surface area contributed by atoms with E-state index in [1.54, 1.807) is 34.1 Å². The minimum Gasteiger partial charge on any atom is -0.335 e. The molecule has 4 rings (SSSR count). The van der Waals surface area contributed by atoms with Crippen molar-refractivity contribution in [2.75, 3.05) is 26.2 Å². The largest absolute Gasteiger partial charge is 0.335 e. The molecule has 0 unspecified atom stereocenters. The molecule has 0 saturated carbocycles. The fraction of sp³-hybridized carbons (Fsp3) is 0.304. The van der Waals surface area contributed by atoms with Crippen molar-refractivity contribution in [3.8, 4) is 0 Å². The Morgan fingerprint density at radius 3 is 2.00 bits per heavy atom. The van der Waals surface area contributed by atoms with Gasteiger partial charge >= 0.3 is 0 Å². The molecule has 0 aliphatic carbocycles. The fourth-order valence-electron chi connectivity index (χ4n) is 3.75. The van der Waals surface area contributed by atoms with Gasteiger partial charge in [-0.25, -0.2) is 9.07 Å². The molecule has 3 aromatic rings. The zero-order valence-corrected chi connectivity index (χ0v) is 17.4. The second kappa shape index (κ2) is 8.29. The minimum absolute atomic E-state index is 0.186. The number of benzene rings is 2. The fourth-order valence-corrected chi connectivity index (χ4v) is 3.75. The van der Waals surface area contributed by atoms with Crippen LogP contribution in [-0.4, -0.2) is 57.6 Å². The van der Waals surface area contributed by atoms with E-state index in [1.165, 1.54) is 28.9 Å². The highest BCUT2D eigenvalue weighted by Gasteiger charge is 2.28. The third-order valence-electron chi connectivity index (χ3n) is 5.47. The maximum absolute atomic E-state index is 13.3. The minimum atomic E-state index is -0.394. The van der Waals surface area contributed by atoms with Gasteiger partial charge in [-0.3, -0.25) is 14.4 Å². The number of nitrogens with zero attached hydrogens (tertiary/aromatic N) is 4. The highest BCUT2D eigenvalue weighted by Crippen LogP contribution is 2.18. The maximum Gasteiger partial charge on any atom is 0.275 e. The van der Waals surface area contributed by atoms with Gasteiger partial charge in [0.25, 0.3) is 17.4 Å². The molecule has 0 radical (unpaired) electrons. The van der Waals surface area contributed by atoms with Crippen LogP contribution in [0.1, 0.15) is 40.7 Å². The van der Waals surface area contributed by atoms with Crippen LogP contribution in [0.5, 0.6) is 0 Å². The number of halogens is 1. The number of fused-ring (bicyclic) bond motifs is 1. The lowest BCUT2D eigenvalue weighted by Gasteiger charge is -2.34. The molecule has 0 N–H and O–H groups in total. The van der Waals surface area contributed by atoms with E-state index in [9.17, 15) is 18.8 Å². The predicted molar refractivity (Wildman–Crippen MR) is 115 cm³/mol. The van der Waals surface area contributed by atoms with Crippen LogP contribution in [0.3, 0.4) is 0 Å². The van der Waals surface area contributed by atoms with E-state index in [0.717, 1.165) is 0 Å². The first kappa shape index (κ1) is 20.7. The molecule has 2 amide bonds. The molecule has 1 saturated heterocycles. The number of hydrogen-bond donors (Lipinski definition) is 0. The number of aromatic nitrogens is 2. The molecule has 2 aromatic carbocycles. The second-order valence-electron chi connectivity index (χ2n) is 7.83. The monoisotopic (exact) mass is 422 g/mol. The Balaban J connectivity index is 1.56. The number of carbonyl (C=O) groups excluding carboxylic acids is 2. The highest BCUT2D eigenvalue weighted by atomic mass is 19.1. The van der Waals surface area contributed by atoms with Gasteiger partial charge in [-0.05, 0) is 44.2 Å². The standard InChI is InChI=1S/C23H23FN4O3/c1-15(2)28-22(30)19-6-4-3-5-18(19)20(25-28)23(31)27-13-11-26(12-14-27)21(29)16-7-9-17(24)10-8-16/h3-10,15H,11-14H2,1-2H3. The van der Waals surface area contributed by atoms with Crippen LogP contribution in [0, 0.1) is 5.82 Å². The molecular weight excluding hydrogens is 399 g/mol. The van der Waals surface area contributed by atoms with E-state index < -0.39 is 5.82 Å². The second-order valence-corrected chi connectivity index (χ2v) is 7.83. The first-order chi connectivity index (χ1) is 14.9. The summed E-state index contributed by atoms with van der Waals surface area (Å²) in [6, 6.07) is 12.2. The summed E-state index contributed by atoms with van der Waals surface area (Å²) in [6.45, 7) is 5.12. The van der Waals surface area contributed by atoms with Gasteiger partial charge in [0.05, 0.1) is 11.4 Å². The van der Waals surface area contributed by atoms with Crippen molar-refractivity contribution < 1.29 is 14.0 Å². The molecule has 8 heteroatoms. The smallest absolute Gasteiger partial charge is 0.275 e. The first-order valence-corrected chi connectivity index (χ1v) is 10.2. The van der Waals surface area contributed by atoms with Crippen molar-refractivity contribution in [1.82, 2.24) is 19.6 Å². The number of rotatable bonds is 3. The summed E-state index contributed by atoms with van der Waals surface area (Å²) in [5.41, 5.74) is 0.428. The van der Waals surface area contributed by atoms with Crippen molar-refractivity contribution in [2.45, 2.75) is 19.9 Å². The van der Waals surface area contributed by atoms with Crippen molar-refractivity contribution >= 4 is 22.6 Å². The van der Waals surface area contributed by atoms with Crippen LogP contribution in [0.4, 0.5) is 4.39 Å². The SMILES string of the molecule is CC(C)n1nc(C(=O)N2CCN(C(=O)c3ccc(F)cc3)CC2)c2ccccc2c1=O. The van der Waals surface area contributed by atoms with Gasteiger partial charge in [0, 0.05) is 37.1 Å². The van der Waals surface area contributed by atoms with Crippen molar-refractivity contribution in [1.29, 1.82) is 0 Å². The molecular formula is C23H23FN4O3. The molecule has 1 fully saturated rings. The Labute approximate surface area is 178 Å². The van der Waals surface area contributed by atoms with Gasteiger partial charge in [0.1, 0.15) is 5.82 Å². The van der Waals surface area contributed by atoms with E-state index in [-0.39, 0.29) is 29.1 Å². The molecule has 31 heavy (non-hydrogen) atoms. The van der Waals surface area contributed by atoms with Crippen LogP contribution < -0.4 is 5.56 Å². The Hall–Kier alpha value is -3.55. The number of carbonyl (C=O) groups is 2. The van der Waals surface area contributed by atoms with Crippen LogP contribution in [0.25, 0.3) is 10.8 Å². The maximum atomic E-state index is 13.3. The number of hydrogen-bond acceptors (Lipinski definition) is 4. The van der Waals surface area contributed by atoms with Crippen LogP contribution in [0.15, 0.2) is 53.3 Å². The molecule has 1 aliphatic rings. The summed E-state index contributed by atoms with van der Waals surface area (Å²) in [7, 11) is 0. The highest BCUT2D eigenvalue weighted by molar-refractivity contribution is 6.05. The number of amides is 2. The zero-order valence-electron chi connectivity index (χ0n) is 17.4. The van der Waals surface area contributed by atoms with Crippen molar-refractivity contribution in [2.24, 2.45) is 0 Å². The van der Waals surface area contributed by atoms with Gasteiger partial charge in [0.2, 0.25) is 0 Å². The quantitative estimate of drug-likeness (QED) is 0.651. The third kappa shape index (κ3) is 3.93. The first-order valence-electron chi connectivity index (χ1n) is 10.2.